The molecule has 0 radical (unpaired) electrons. The Bertz CT molecular complexity index is 848. The molecular weight excluding hydrogens is 632 g/mol. The molecule has 0 saturated carbocycles. The fourth-order valence-corrected chi connectivity index (χ4v) is 1.85. The number of rotatable bonds is 6. The minimum Gasteiger partial charge on any atom is -0.545 e. The zero-order chi connectivity index (χ0) is 23.2. The van der Waals surface area contributed by atoms with Crippen molar-refractivity contribution in [3.8, 4) is 0 Å². The summed E-state index contributed by atoms with van der Waals surface area (Å²) in [5.41, 5.74) is -3.86. The van der Waals surface area contributed by atoms with Crippen LogP contribution < -0.4 is 10.2 Å². The number of nitro benzene ring substituents is 4. The van der Waals surface area contributed by atoms with Gasteiger partial charge < -0.3 is 19.8 Å². The summed E-state index contributed by atoms with van der Waals surface area (Å²) in [6, 6.07) is 4.13. The van der Waals surface area contributed by atoms with Crippen LogP contribution in [0.4, 0.5) is 22.7 Å². The Balaban J connectivity index is 0. The monoisotopic (exact) mass is 636 g/mol. The van der Waals surface area contributed by atoms with Gasteiger partial charge >= 0.3 is 44.8 Å². The first-order valence-electron chi connectivity index (χ1n) is 7.14. The Labute approximate surface area is 206 Å². The quantitative estimate of drug-likeness (QED) is 0.225. The number of nitro groups is 4. The van der Waals surface area contributed by atoms with Gasteiger partial charge in [-0.1, -0.05) is 0 Å². The van der Waals surface area contributed by atoms with Crippen molar-refractivity contribution in [3.63, 3.8) is 0 Å². The van der Waals surface area contributed by atoms with E-state index in [0.29, 0.717) is 36.4 Å². The Hall–Kier alpha value is -3.54. The second kappa shape index (κ2) is 13.0. The predicted molar refractivity (Wildman–Crippen MR) is 88.2 cm³/mol. The number of carbonyl (C=O) groups is 2. The molecule has 18 heteroatoms. The van der Waals surface area contributed by atoms with Crippen LogP contribution in [0.1, 0.15) is 20.7 Å². The van der Waals surface area contributed by atoms with Crippen LogP contribution in [0.5, 0.6) is 0 Å². The molecule has 32 heavy (non-hydrogen) atoms. The van der Waals surface area contributed by atoms with Gasteiger partial charge in [-0.2, -0.15) is 0 Å². The topological polar surface area (TPSA) is 253 Å². The number of aromatic carboxylic acids is 2. The number of non-ortho nitro benzene ring substituents is 4. The Morgan fingerprint density at radius 1 is 0.500 bits per heavy atom. The van der Waals surface area contributed by atoms with Crippen LogP contribution in [0.3, 0.4) is 0 Å². The van der Waals surface area contributed by atoms with Crippen LogP contribution in [0.25, 0.3) is 0 Å². The van der Waals surface area contributed by atoms with E-state index in [-0.39, 0.29) is 44.8 Å². The van der Waals surface area contributed by atoms with E-state index in [9.17, 15) is 60.3 Å². The summed E-state index contributed by atoms with van der Waals surface area (Å²) in [4.78, 5) is 58.4. The van der Waals surface area contributed by atoms with Gasteiger partial charge in [-0.05, 0) is 0 Å². The van der Waals surface area contributed by atoms with Gasteiger partial charge in [0.15, 0.2) is 0 Å². The van der Waals surface area contributed by atoms with Crippen molar-refractivity contribution in [1.82, 2.24) is 0 Å². The van der Waals surface area contributed by atoms with E-state index in [2.05, 4.69) is 0 Å². The van der Waals surface area contributed by atoms with Gasteiger partial charge in [-0.25, -0.2) is 0 Å². The smallest absolute Gasteiger partial charge is 0.545 e. The number of benzene rings is 2. The number of carboxylic acid groups (broad SMARTS) is 2. The SMILES string of the molecule is O=C([O-])c1cc([N+](=O)[O-])cc([N+](=O)[O-])c1.O=C([O-])c1cc([N+](=O)[O-])cc([N+](=O)[O-])c1.[Ag+].[Ag+]. The minimum atomic E-state index is -1.71. The molecule has 0 atom stereocenters. The van der Waals surface area contributed by atoms with Gasteiger partial charge in [0.25, 0.3) is 22.7 Å². The van der Waals surface area contributed by atoms with Crippen molar-refractivity contribution in [2.24, 2.45) is 0 Å². The fourth-order valence-electron chi connectivity index (χ4n) is 1.85. The molecule has 0 spiro atoms. The molecule has 0 amide bonds. The molecule has 0 aliphatic rings. The van der Waals surface area contributed by atoms with Crippen LogP contribution in [0.2, 0.25) is 0 Å². The summed E-state index contributed by atoms with van der Waals surface area (Å²) >= 11 is 0. The average Bonchev–Trinajstić information content (AvgIpc) is 2.67. The van der Waals surface area contributed by atoms with Crippen LogP contribution >= 0.6 is 0 Å². The van der Waals surface area contributed by atoms with Gasteiger partial charge in [0, 0.05) is 35.4 Å². The van der Waals surface area contributed by atoms with E-state index in [1.807, 2.05) is 0 Å². The molecule has 0 saturated heterocycles. The van der Waals surface area contributed by atoms with Crippen molar-refractivity contribution in [2.45, 2.75) is 0 Å². The van der Waals surface area contributed by atoms with Crippen molar-refractivity contribution >= 4 is 34.7 Å². The van der Waals surface area contributed by atoms with E-state index < -0.39 is 65.5 Å². The predicted octanol–water partition coefficient (Wildman–Crippen LogP) is -0.272. The Morgan fingerprint density at radius 2 is 0.688 bits per heavy atom. The summed E-state index contributed by atoms with van der Waals surface area (Å²) in [6.07, 6.45) is 0. The maximum absolute atomic E-state index is 10.4. The van der Waals surface area contributed by atoms with E-state index >= 15 is 0 Å². The standard InChI is InChI=1S/2C7H4N2O6.2Ag/c2*10-7(11)4-1-5(8(12)13)3-6(2-4)9(14)15;;/h2*1-3H,(H,10,11);;/q;;2*+1/p-2. The first-order chi connectivity index (χ1) is 13.8. The molecule has 0 fully saturated rings. The Morgan fingerprint density at radius 3 is 0.812 bits per heavy atom. The molecule has 2 aromatic rings. The van der Waals surface area contributed by atoms with Gasteiger partial charge in [0.1, 0.15) is 0 Å². The molecule has 0 bridgehead atoms. The molecule has 0 heterocycles. The number of carbonyl (C=O) groups excluding carboxylic acids is 2. The minimum absolute atomic E-state index is 0. The molecule has 0 aromatic heterocycles. The first-order valence-corrected chi connectivity index (χ1v) is 7.14. The fraction of sp³-hybridized carbons (Fsp3) is 0. The van der Waals surface area contributed by atoms with Crippen LogP contribution in [-0.4, -0.2) is 31.6 Å². The van der Waals surface area contributed by atoms with E-state index in [1.54, 1.807) is 0 Å². The van der Waals surface area contributed by atoms with Crippen molar-refractivity contribution in [1.29, 1.82) is 0 Å². The zero-order valence-corrected chi connectivity index (χ0v) is 17.7. The summed E-state index contributed by atoms with van der Waals surface area (Å²) in [6.45, 7) is 0. The van der Waals surface area contributed by atoms with Crippen LogP contribution in [0.15, 0.2) is 36.4 Å². The molecule has 0 N–H and O–H groups in total. The van der Waals surface area contributed by atoms with Gasteiger partial charge in [-0.3, -0.25) is 40.5 Å². The molecule has 0 aliphatic carbocycles. The molecule has 2 rings (SSSR count). The number of hydrogen-bond acceptors (Lipinski definition) is 12. The van der Waals surface area contributed by atoms with Crippen LogP contribution in [-0.2, 0) is 44.8 Å². The normalized spacial score (nSPS) is 9.00. The molecular formula is C14H6Ag2N4O12. The zero-order valence-electron chi connectivity index (χ0n) is 14.8. The summed E-state index contributed by atoms with van der Waals surface area (Å²) in [5.74, 6) is -3.41. The van der Waals surface area contributed by atoms with Crippen LogP contribution in [0, 0.1) is 40.5 Å². The summed E-state index contributed by atoms with van der Waals surface area (Å²) in [5, 5.41) is 62.1. The molecule has 0 unspecified atom stereocenters. The maximum Gasteiger partial charge on any atom is 1.00 e. The average molecular weight is 638 g/mol. The van der Waals surface area contributed by atoms with Gasteiger partial charge in [0.2, 0.25) is 0 Å². The largest absolute Gasteiger partial charge is 1.00 e. The van der Waals surface area contributed by atoms with E-state index in [4.69, 9.17) is 0 Å². The molecule has 2 aromatic carbocycles. The van der Waals surface area contributed by atoms with Gasteiger partial charge in [0.05, 0.1) is 43.8 Å². The van der Waals surface area contributed by atoms with Gasteiger partial charge in [-0.15, -0.1) is 0 Å². The summed E-state index contributed by atoms with van der Waals surface area (Å²) < 4.78 is 0. The van der Waals surface area contributed by atoms with E-state index in [0.717, 1.165) is 0 Å². The third-order valence-corrected chi connectivity index (χ3v) is 3.12. The van der Waals surface area contributed by atoms with Crippen molar-refractivity contribution in [2.75, 3.05) is 0 Å². The second-order valence-corrected chi connectivity index (χ2v) is 5.08. The number of carboxylic acids is 2. The second-order valence-electron chi connectivity index (χ2n) is 5.08. The molecule has 16 nitrogen and oxygen atoms in total. The number of hydrogen-bond donors (Lipinski definition) is 0. The molecule has 0 aliphatic heterocycles. The van der Waals surface area contributed by atoms with E-state index in [1.165, 1.54) is 0 Å². The third kappa shape index (κ3) is 8.68. The Kier molecular flexibility index (Phi) is 12.5. The first kappa shape index (κ1) is 30.7. The van der Waals surface area contributed by atoms with Crippen molar-refractivity contribution in [3.05, 3.63) is 88.0 Å². The number of nitrogens with zero attached hydrogens (tertiary/aromatic N) is 4. The summed E-state index contributed by atoms with van der Waals surface area (Å²) in [7, 11) is 0. The molecule has 176 valence electrons. The third-order valence-electron chi connectivity index (χ3n) is 3.12. The van der Waals surface area contributed by atoms with Crippen molar-refractivity contribution < 1.29 is 84.3 Å². The maximum atomic E-state index is 10.4.